The number of benzene rings is 1. The Labute approximate surface area is 191 Å². The van der Waals surface area contributed by atoms with Crippen LogP contribution in [0.5, 0.6) is 0 Å². The Hall–Kier alpha value is -3.81. The highest BCUT2D eigenvalue weighted by molar-refractivity contribution is 5.79. The number of carbonyl (C=O) groups is 1. The fraction of sp³-hybridized carbons (Fsp3) is 0.280. The average Bonchev–Trinajstić information content (AvgIpc) is 3.46. The molecule has 7 nitrogen and oxygen atoms in total. The van der Waals surface area contributed by atoms with Crippen LogP contribution in [0.3, 0.4) is 0 Å². The molecule has 5 rings (SSSR count). The molecule has 1 aromatic carbocycles. The van der Waals surface area contributed by atoms with E-state index in [4.69, 9.17) is 4.98 Å². The first-order chi connectivity index (χ1) is 16.1. The van der Waals surface area contributed by atoms with Gasteiger partial charge in [-0.2, -0.15) is 5.10 Å². The largest absolute Gasteiger partial charge is 0.340 e. The molecular weight excluding hydrogens is 419 g/mol. The smallest absolute Gasteiger partial charge is 0.225 e. The van der Waals surface area contributed by atoms with Gasteiger partial charge in [0.1, 0.15) is 11.6 Å². The molecule has 1 amide bonds. The third-order valence-electron chi connectivity index (χ3n) is 5.98. The van der Waals surface area contributed by atoms with Crippen LogP contribution in [0.2, 0.25) is 0 Å². The van der Waals surface area contributed by atoms with Gasteiger partial charge in [0.15, 0.2) is 0 Å². The highest BCUT2D eigenvalue weighted by atomic mass is 19.1. The van der Waals surface area contributed by atoms with E-state index in [2.05, 4.69) is 15.4 Å². The molecule has 0 unspecified atom stereocenters. The molecule has 1 atom stereocenters. The number of aromatic nitrogens is 4. The van der Waals surface area contributed by atoms with Crippen LogP contribution in [0, 0.1) is 12.7 Å². The molecule has 0 aliphatic carbocycles. The predicted octanol–water partition coefficient (Wildman–Crippen LogP) is 4.77. The van der Waals surface area contributed by atoms with Crippen molar-refractivity contribution in [3.05, 3.63) is 78.1 Å². The van der Waals surface area contributed by atoms with Crippen molar-refractivity contribution in [1.82, 2.24) is 24.6 Å². The van der Waals surface area contributed by atoms with Gasteiger partial charge in [-0.05, 0) is 50.1 Å². The minimum absolute atomic E-state index is 0.0616. The van der Waals surface area contributed by atoms with E-state index in [-0.39, 0.29) is 17.8 Å². The summed E-state index contributed by atoms with van der Waals surface area (Å²) in [4.78, 5) is 23.9. The van der Waals surface area contributed by atoms with Gasteiger partial charge in [-0.1, -0.05) is 18.2 Å². The van der Waals surface area contributed by atoms with Crippen molar-refractivity contribution < 1.29 is 9.18 Å². The van der Waals surface area contributed by atoms with Crippen LogP contribution in [-0.4, -0.2) is 37.1 Å². The third-order valence-corrected chi connectivity index (χ3v) is 5.98. The lowest BCUT2D eigenvalue weighted by Crippen LogP contribution is -2.31. The highest BCUT2D eigenvalue weighted by Gasteiger charge is 2.31. The Morgan fingerprint density at radius 3 is 2.91 bits per heavy atom. The van der Waals surface area contributed by atoms with Crippen molar-refractivity contribution in [3.63, 3.8) is 0 Å². The summed E-state index contributed by atoms with van der Waals surface area (Å²) in [6.45, 7) is 3.19. The molecule has 1 fully saturated rings. The second-order valence-corrected chi connectivity index (χ2v) is 8.33. The van der Waals surface area contributed by atoms with Crippen molar-refractivity contribution in [1.29, 1.82) is 0 Å². The van der Waals surface area contributed by atoms with Gasteiger partial charge in [-0.3, -0.25) is 14.5 Å². The van der Waals surface area contributed by atoms with Crippen LogP contribution in [0.15, 0.2) is 60.9 Å². The van der Waals surface area contributed by atoms with Crippen LogP contribution in [0.25, 0.3) is 10.9 Å². The topological polar surface area (TPSA) is 75.9 Å². The summed E-state index contributed by atoms with van der Waals surface area (Å²) in [7, 11) is 0. The minimum Gasteiger partial charge on any atom is -0.340 e. The second-order valence-electron chi connectivity index (χ2n) is 8.33. The first-order valence-corrected chi connectivity index (χ1v) is 11.1. The van der Waals surface area contributed by atoms with E-state index >= 15 is 0 Å². The van der Waals surface area contributed by atoms with E-state index in [9.17, 15) is 9.18 Å². The molecule has 0 saturated carbocycles. The SMILES string of the molecule is Cc1cc(Nc2ccc(F)cn2)cc([C@@H]2CCCN2C(=O)CCn2ncc3ccccc32)n1. The Bertz CT molecular complexity index is 1290. The summed E-state index contributed by atoms with van der Waals surface area (Å²) in [5.74, 6) is 0.282. The molecular formula is C25H25FN6O. The molecule has 3 aromatic heterocycles. The maximum atomic E-state index is 13.2. The summed E-state index contributed by atoms with van der Waals surface area (Å²) in [5, 5.41) is 8.72. The fourth-order valence-electron chi connectivity index (χ4n) is 4.46. The van der Waals surface area contributed by atoms with Crippen LogP contribution < -0.4 is 5.32 Å². The zero-order chi connectivity index (χ0) is 22.8. The Kier molecular flexibility index (Phi) is 5.73. The van der Waals surface area contributed by atoms with Gasteiger partial charge in [-0.25, -0.2) is 9.37 Å². The number of likely N-dealkylation sites (tertiary alicyclic amines) is 1. The lowest BCUT2D eigenvalue weighted by molar-refractivity contribution is -0.132. The lowest BCUT2D eigenvalue weighted by Gasteiger charge is -2.25. The van der Waals surface area contributed by atoms with Gasteiger partial charge in [0.2, 0.25) is 5.91 Å². The maximum absolute atomic E-state index is 13.2. The number of hydrogen-bond acceptors (Lipinski definition) is 5. The monoisotopic (exact) mass is 444 g/mol. The summed E-state index contributed by atoms with van der Waals surface area (Å²) in [6.07, 6.45) is 5.22. The number of nitrogens with one attached hydrogen (secondary N) is 1. The molecule has 1 N–H and O–H groups in total. The van der Waals surface area contributed by atoms with Crippen LogP contribution in [0.4, 0.5) is 15.9 Å². The molecule has 0 radical (unpaired) electrons. The zero-order valence-electron chi connectivity index (χ0n) is 18.4. The molecule has 1 aliphatic rings. The number of pyridine rings is 2. The van der Waals surface area contributed by atoms with Crippen LogP contribution in [-0.2, 0) is 11.3 Å². The molecule has 33 heavy (non-hydrogen) atoms. The average molecular weight is 445 g/mol. The second kappa shape index (κ2) is 8.97. The molecule has 168 valence electrons. The van der Waals surface area contributed by atoms with E-state index < -0.39 is 0 Å². The summed E-state index contributed by atoms with van der Waals surface area (Å²) < 4.78 is 15.1. The van der Waals surface area contributed by atoms with Gasteiger partial charge >= 0.3 is 0 Å². The highest BCUT2D eigenvalue weighted by Crippen LogP contribution is 2.33. The maximum Gasteiger partial charge on any atom is 0.225 e. The summed E-state index contributed by atoms with van der Waals surface area (Å²) >= 11 is 0. The standard InChI is InChI=1S/C25H25FN6O/c1-17-13-20(30-24-9-8-19(26)16-27-24)14-21(29-17)23-7-4-11-31(23)25(33)10-12-32-22-6-3-2-5-18(22)15-28-32/h2-3,5-6,8-9,13-16,23H,4,7,10-12H2,1H3,(H,27,29,30)/t23-/m0/s1. The Morgan fingerprint density at radius 1 is 1.18 bits per heavy atom. The quantitative estimate of drug-likeness (QED) is 0.464. The predicted molar refractivity (Wildman–Crippen MR) is 124 cm³/mol. The summed E-state index contributed by atoms with van der Waals surface area (Å²) in [6, 6.07) is 14.8. The van der Waals surface area contributed by atoms with E-state index in [1.54, 1.807) is 6.07 Å². The van der Waals surface area contributed by atoms with Gasteiger partial charge in [-0.15, -0.1) is 0 Å². The number of halogens is 1. The number of nitrogens with zero attached hydrogens (tertiary/aromatic N) is 5. The number of anilines is 2. The van der Waals surface area contributed by atoms with Crippen molar-refractivity contribution in [2.45, 2.75) is 38.8 Å². The first kappa shape index (κ1) is 21.1. The number of amides is 1. The molecule has 4 heterocycles. The molecule has 0 bridgehead atoms. The Balaban J connectivity index is 1.30. The number of para-hydroxylation sites is 1. The molecule has 0 spiro atoms. The number of fused-ring (bicyclic) bond motifs is 1. The van der Waals surface area contributed by atoms with Crippen LogP contribution >= 0.6 is 0 Å². The third kappa shape index (κ3) is 4.55. The van der Waals surface area contributed by atoms with E-state index in [1.807, 2.05) is 59.1 Å². The van der Waals surface area contributed by atoms with Gasteiger partial charge in [0.25, 0.3) is 0 Å². The normalized spacial score (nSPS) is 15.8. The molecule has 4 aromatic rings. The van der Waals surface area contributed by atoms with E-state index in [0.29, 0.717) is 18.8 Å². The number of hydrogen-bond donors (Lipinski definition) is 1. The molecule has 8 heteroatoms. The number of rotatable bonds is 6. The zero-order valence-corrected chi connectivity index (χ0v) is 18.4. The number of carbonyl (C=O) groups excluding carboxylic acids is 1. The Morgan fingerprint density at radius 2 is 2.06 bits per heavy atom. The van der Waals surface area contributed by atoms with Crippen molar-refractivity contribution in [3.8, 4) is 0 Å². The lowest BCUT2D eigenvalue weighted by atomic mass is 10.1. The van der Waals surface area contributed by atoms with Gasteiger partial charge in [0, 0.05) is 29.7 Å². The molecule has 1 saturated heterocycles. The van der Waals surface area contributed by atoms with Crippen molar-refractivity contribution in [2.75, 3.05) is 11.9 Å². The van der Waals surface area contributed by atoms with Crippen molar-refractivity contribution >= 4 is 28.3 Å². The number of aryl methyl sites for hydroxylation is 2. The first-order valence-electron chi connectivity index (χ1n) is 11.1. The van der Waals surface area contributed by atoms with Crippen LogP contribution in [0.1, 0.15) is 36.7 Å². The minimum atomic E-state index is -0.379. The fourth-order valence-corrected chi connectivity index (χ4v) is 4.46. The van der Waals surface area contributed by atoms with Gasteiger partial charge in [0.05, 0.1) is 36.2 Å². The molecule has 1 aliphatic heterocycles. The summed E-state index contributed by atoms with van der Waals surface area (Å²) in [5.41, 5.74) is 3.56. The van der Waals surface area contributed by atoms with Crippen molar-refractivity contribution in [2.24, 2.45) is 0 Å². The van der Waals surface area contributed by atoms with E-state index in [0.717, 1.165) is 47.4 Å². The van der Waals surface area contributed by atoms with Gasteiger partial charge < -0.3 is 10.2 Å². The van der Waals surface area contributed by atoms with E-state index in [1.165, 1.54) is 12.3 Å².